The molecule has 0 spiro atoms. The van der Waals surface area contributed by atoms with Gasteiger partial charge in [0, 0.05) is 21.7 Å². The average Bonchev–Trinajstić information content (AvgIpc) is 3.00. The molecule has 0 aromatic heterocycles. The van der Waals surface area contributed by atoms with Gasteiger partial charge in [0.15, 0.2) is 18.1 Å². The van der Waals surface area contributed by atoms with E-state index in [1.54, 1.807) is 67.8 Å². The zero-order valence-corrected chi connectivity index (χ0v) is 24.7. The van der Waals surface area contributed by atoms with E-state index in [9.17, 15) is 10.1 Å². The van der Waals surface area contributed by atoms with E-state index in [-0.39, 0.29) is 23.8 Å². The van der Waals surface area contributed by atoms with Gasteiger partial charge in [0.2, 0.25) is 5.88 Å². The normalized spacial score (nSPS) is 13.8. The molecule has 10 heteroatoms. The smallest absolute Gasteiger partial charge is 0.349 e. The zero-order valence-electron chi connectivity index (χ0n) is 23.2. The van der Waals surface area contributed by atoms with Crippen molar-refractivity contribution in [2.45, 2.75) is 19.4 Å². The Kier molecular flexibility index (Phi) is 8.96. The molecule has 5 rings (SSSR count). The van der Waals surface area contributed by atoms with Crippen molar-refractivity contribution in [3.8, 4) is 34.8 Å². The number of nitrogens with zero attached hydrogens (tertiary/aromatic N) is 1. The molecule has 43 heavy (non-hydrogen) atoms. The molecule has 1 unspecified atom stereocenters. The van der Waals surface area contributed by atoms with Crippen molar-refractivity contribution in [3.05, 3.63) is 123 Å². The van der Waals surface area contributed by atoms with Crippen LogP contribution in [0.1, 0.15) is 28.2 Å². The molecular formula is C33H26Cl2N2O6. The third-order valence-corrected chi connectivity index (χ3v) is 7.41. The maximum Gasteiger partial charge on any atom is 0.349 e. The lowest BCUT2D eigenvalue weighted by atomic mass is 9.83. The standard InChI is InChI=1S/C33H26Cl2N2O6/c1-19-13-23(9-11-27(19)35)40-18-31(38)42-24-8-10-25-29(15-24)43-33(37)26(16-36)32(25)21-5-12-28(30(14-21)39-2)41-17-20-3-6-22(34)7-4-20/h3-15,32H,17-18,37H2,1-2H3. The van der Waals surface area contributed by atoms with Crippen LogP contribution in [0.4, 0.5) is 0 Å². The molecule has 0 bridgehead atoms. The molecule has 0 aliphatic carbocycles. The summed E-state index contributed by atoms with van der Waals surface area (Å²) in [6.45, 7) is 1.84. The number of nitrogens with two attached hydrogens (primary N) is 1. The SMILES string of the molecule is COc1cc(C2C(C#N)=C(N)Oc3cc(OC(=O)COc4ccc(Cl)c(C)c4)ccc32)ccc1OCc1ccc(Cl)cc1. The van der Waals surface area contributed by atoms with Crippen LogP contribution in [0.25, 0.3) is 0 Å². The van der Waals surface area contributed by atoms with Crippen LogP contribution < -0.4 is 29.4 Å². The number of hydrogen-bond acceptors (Lipinski definition) is 8. The molecule has 1 heterocycles. The maximum atomic E-state index is 12.5. The quantitative estimate of drug-likeness (QED) is 0.157. The summed E-state index contributed by atoms with van der Waals surface area (Å²) in [5.41, 5.74) is 9.58. The Morgan fingerprint density at radius 1 is 0.953 bits per heavy atom. The molecule has 0 amide bonds. The monoisotopic (exact) mass is 616 g/mol. The summed E-state index contributed by atoms with van der Waals surface area (Å²) in [4.78, 5) is 12.5. The molecule has 0 saturated carbocycles. The van der Waals surface area contributed by atoms with Crippen molar-refractivity contribution >= 4 is 29.2 Å². The number of halogens is 2. The third-order valence-electron chi connectivity index (χ3n) is 6.74. The predicted molar refractivity (Wildman–Crippen MR) is 162 cm³/mol. The van der Waals surface area contributed by atoms with Crippen LogP contribution in [0, 0.1) is 18.3 Å². The van der Waals surface area contributed by atoms with Gasteiger partial charge < -0.3 is 29.4 Å². The molecular weight excluding hydrogens is 591 g/mol. The number of aryl methyl sites for hydroxylation is 1. The summed E-state index contributed by atoms with van der Waals surface area (Å²) >= 11 is 12.0. The molecule has 0 saturated heterocycles. The van der Waals surface area contributed by atoms with Gasteiger partial charge in [0.05, 0.1) is 13.0 Å². The third kappa shape index (κ3) is 6.81. The van der Waals surface area contributed by atoms with Gasteiger partial charge in [-0.2, -0.15) is 5.26 Å². The second-order valence-corrected chi connectivity index (χ2v) is 10.5. The van der Waals surface area contributed by atoms with Crippen LogP contribution in [0.3, 0.4) is 0 Å². The number of carbonyl (C=O) groups is 1. The number of nitriles is 1. The van der Waals surface area contributed by atoms with Crippen molar-refractivity contribution in [1.29, 1.82) is 5.26 Å². The summed E-state index contributed by atoms with van der Waals surface area (Å²) in [7, 11) is 1.54. The Hall–Kier alpha value is -4.84. The van der Waals surface area contributed by atoms with Crippen molar-refractivity contribution < 1.29 is 28.5 Å². The Labute approximate surface area is 258 Å². The number of ether oxygens (including phenoxy) is 5. The minimum Gasteiger partial charge on any atom is -0.493 e. The molecule has 0 fully saturated rings. The van der Waals surface area contributed by atoms with Crippen molar-refractivity contribution in [2.75, 3.05) is 13.7 Å². The number of fused-ring (bicyclic) bond motifs is 1. The van der Waals surface area contributed by atoms with Crippen molar-refractivity contribution in [3.63, 3.8) is 0 Å². The van der Waals surface area contributed by atoms with E-state index in [2.05, 4.69) is 6.07 Å². The molecule has 8 nitrogen and oxygen atoms in total. The van der Waals surface area contributed by atoms with E-state index in [1.807, 2.05) is 25.1 Å². The molecule has 4 aromatic rings. The number of allylic oxidation sites excluding steroid dienone is 1. The van der Waals surface area contributed by atoms with E-state index in [1.165, 1.54) is 0 Å². The van der Waals surface area contributed by atoms with E-state index in [4.69, 9.17) is 52.6 Å². The second kappa shape index (κ2) is 13.0. The van der Waals surface area contributed by atoms with Crippen LogP contribution in [0.15, 0.2) is 90.3 Å². The van der Waals surface area contributed by atoms with Gasteiger partial charge in [-0.25, -0.2) is 4.79 Å². The van der Waals surface area contributed by atoms with Gasteiger partial charge >= 0.3 is 5.97 Å². The fourth-order valence-electron chi connectivity index (χ4n) is 4.58. The maximum absolute atomic E-state index is 12.5. The fraction of sp³-hybridized carbons (Fsp3) is 0.152. The zero-order chi connectivity index (χ0) is 30.5. The number of methoxy groups -OCH3 is 1. The molecule has 4 aromatic carbocycles. The molecule has 2 N–H and O–H groups in total. The highest BCUT2D eigenvalue weighted by Gasteiger charge is 2.32. The van der Waals surface area contributed by atoms with Crippen LogP contribution in [0.5, 0.6) is 28.7 Å². The summed E-state index contributed by atoms with van der Waals surface area (Å²) in [6, 6.07) is 24.9. The van der Waals surface area contributed by atoms with Gasteiger partial charge in [-0.05, 0) is 72.1 Å². The Bertz CT molecular complexity index is 1750. The lowest BCUT2D eigenvalue weighted by molar-refractivity contribution is -0.136. The van der Waals surface area contributed by atoms with E-state index in [0.717, 1.165) is 16.7 Å². The first-order valence-electron chi connectivity index (χ1n) is 13.1. The second-order valence-electron chi connectivity index (χ2n) is 9.62. The molecule has 1 aliphatic rings. The van der Waals surface area contributed by atoms with E-state index in [0.29, 0.717) is 45.2 Å². The number of esters is 1. The van der Waals surface area contributed by atoms with Crippen LogP contribution in [-0.4, -0.2) is 19.7 Å². The highest BCUT2D eigenvalue weighted by molar-refractivity contribution is 6.31. The van der Waals surface area contributed by atoms with E-state index >= 15 is 0 Å². The van der Waals surface area contributed by atoms with Gasteiger partial charge in [0.1, 0.15) is 35.5 Å². The largest absolute Gasteiger partial charge is 0.493 e. The number of hydrogen-bond donors (Lipinski definition) is 1. The molecule has 1 aliphatic heterocycles. The topological polar surface area (TPSA) is 113 Å². The highest BCUT2D eigenvalue weighted by Crippen LogP contribution is 2.45. The summed E-state index contributed by atoms with van der Waals surface area (Å²) in [5.74, 6) is 0.868. The predicted octanol–water partition coefficient (Wildman–Crippen LogP) is 7.09. The Morgan fingerprint density at radius 3 is 2.44 bits per heavy atom. The van der Waals surface area contributed by atoms with Gasteiger partial charge in [-0.1, -0.05) is 47.5 Å². The first kappa shape index (κ1) is 29.6. The summed E-state index contributed by atoms with van der Waals surface area (Å²) in [6.07, 6.45) is 0. The lowest BCUT2D eigenvalue weighted by Gasteiger charge is -2.27. The molecule has 0 radical (unpaired) electrons. The fourth-order valence-corrected chi connectivity index (χ4v) is 4.82. The highest BCUT2D eigenvalue weighted by atomic mass is 35.5. The average molecular weight is 617 g/mol. The number of benzene rings is 4. The van der Waals surface area contributed by atoms with Crippen molar-refractivity contribution in [2.24, 2.45) is 5.73 Å². The molecule has 1 atom stereocenters. The molecule has 218 valence electrons. The van der Waals surface area contributed by atoms with Crippen LogP contribution >= 0.6 is 23.2 Å². The van der Waals surface area contributed by atoms with E-state index < -0.39 is 11.9 Å². The van der Waals surface area contributed by atoms with Crippen LogP contribution in [0.2, 0.25) is 10.0 Å². The Balaban J connectivity index is 1.34. The number of rotatable bonds is 9. The first-order chi connectivity index (χ1) is 20.7. The van der Waals surface area contributed by atoms with Crippen LogP contribution in [-0.2, 0) is 11.4 Å². The van der Waals surface area contributed by atoms with Gasteiger partial charge in [-0.3, -0.25) is 0 Å². The van der Waals surface area contributed by atoms with Gasteiger partial charge in [-0.15, -0.1) is 0 Å². The summed E-state index contributed by atoms with van der Waals surface area (Å²) < 4.78 is 28.4. The minimum atomic E-state index is -0.611. The summed E-state index contributed by atoms with van der Waals surface area (Å²) in [5, 5.41) is 11.2. The first-order valence-corrected chi connectivity index (χ1v) is 13.9. The lowest BCUT2D eigenvalue weighted by Crippen LogP contribution is -2.22. The van der Waals surface area contributed by atoms with Gasteiger partial charge in [0.25, 0.3) is 0 Å². The Morgan fingerprint density at radius 2 is 1.72 bits per heavy atom. The number of carbonyl (C=O) groups excluding carboxylic acids is 1. The minimum absolute atomic E-state index is 0.0491. The van der Waals surface area contributed by atoms with Crippen molar-refractivity contribution in [1.82, 2.24) is 0 Å².